The van der Waals surface area contributed by atoms with Crippen LogP contribution in [0.1, 0.15) is 53.9 Å². The zero-order chi connectivity index (χ0) is 37.4. The molecule has 12 heteroatoms. The van der Waals surface area contributed by atoms with Crippen molar-refractivity contribution >= 4 is 39.6 Å². The molecule has 0 aliphatic carbocycles. The third-order valence-corrected chi connectivity index (χ3v) is 10.2. The number of anilines is 2. The second-order valence-corrected chi connectivity index (χ2v) is 14.3. The largest absolute Gasteiger partial charge is 0.481 e. The van der Waals surface area contributed by atoms with Crippen molar-refractivity contribution in [2.45, 2.75) is 60.2 Å². The van der Waals surface area contributed by atoms with E-state index < -0.39 is 11.4 Å². The van der Waals surface area contributed by atoms with Crippen LogP contribution in [0.15, 0.2) is 65.2 Å². The molecule has 2 atom stereocenters. The normalized spacial score (nSPS) is 16.6. The molecule has 12 nitrogen and oxygen atoms in total. The molecule has 1 fully saturated rings. The van der Waals surface area contributed by atoms with Crippen molar-refractivity contribution in [1.29, 1.82) is 5.26 Å². The fourth-order valence-corrected chi connectivity index (χ4v) is 7.07. The minimum absolute atomic E-state index is 0.0269. The van der Waals surface area contributed by atoms with Gasteiger partial charge in [0, 0.05) is 43.1 Å². The second-order valence-electron chi connectivity index (χ2n) is 14.3. The van der Waals surface area contributed by atoms with Gasteiger partial charge in [-0.3, -0.25) is 14.7 Å². The van der Waals surface area contributed by atoms with Gasteiger partial charge >= 0.3 is 5.97 Å². The van der Waals surface area contributed by atoms with Crippen molar-refractivity contribution in [3.63, 3.8) is 0 Å². The van der Waals surface area contributed by atoms with E-state index >= 15 is 0 Å². The summed E-state index contributed by atoms with van der Waals surface area (Å²) in [5.74, 6) is 0.871. The molecule has 7 rings (SSSR count). The Balaban J connectivity index is 1.18. The highest BCUT2D eigenvalue weighted by atomic mass is 16.4. The predicted octanol–water partition coefficient (Wildman–Crippen LogP) is 6.81. The Kier molecular flexibility index (Phi) is 9.65. The van der Waals surface area contributed by atoms with Crippen molar-refractivity contribution in [3.05, 3.63) is 94.4 Å². The van der Waals surface area contributed by atoms with E-state index in [0.717, 1.165) is 50.1 Å². The molecule has 53 heavy (non-hydrogen) atoms. The summed E-state index contributed by atoms with van der Waals surface area (Å²) in [4.78, 5) is 32.8. The zero-order valence-corrected chi connectivity index (χ0v) is 30.5. The van der Waals surface area contributed by atoms with Crippen molar-refractivity contribution < 1.29 is 19.4 Å². The summed E-state index contributed by atoms with van der Waals surface area (Å²) in [6.07, 6.45) is 2.38. The molecule has 0 bridgehead atoms. The lowest BCUT2D eigenvalue weighted by molar-refractivity contribution is -0.147. The Labute approximate surface area is 307 Å². The molecule has 3 aromatic heterocycles. The molecular formula is C41H42N8O4. The molecule has 270 valence electrons. The molecule has 0 radical (unpaired) electrons. The number of aliphatic hydroxyl groups is 1. The van der Waals surface area contributed by atoms with Crippen LogP contribution in [0.5, 0.6) is 0 Å². The number of hydrogen-bond donors (Lipinski definition) is 4. The van der Waals surface area contributed by atoms with E-state index in [9.17, 15) is 20.3 Å². The maximum absolute atomic E-state index is 11.8. The molecule has 0 saturated carbocycles. The first-order chi connectivity index (χ1) is 25.5. The number of nitrogens with zero attached hydrogens (tertiary/aromatic N) is 6. The standard InChI is InChI=1S/C41H42N8O4/c1-23(21-50)43-18-28-16-34-36(44-19-28)38(46-26(4)45-34)47-33-11-7-9-31(25(33)3)30-8-6-10-32(24(30)2)39-48-35-15-27(14-29(17-42)37(35)53-39)20-49-13-12-41(5,22-49)40(51)52/h6-11,14-16,19,23,43,50H,12-13,18,20-22H2,1-5H3,(H,51,52)(H,45,46,47)/t23-,41?/m0/s1. The lowest BCUT2D eigenvalue weighted by Gasteiger charge is -2.20. The highest BCUT2D eigenvalue weighted by Crippen LogP contribution is 2.38. The maximum Gasteiger partial charge on any atom is 0.310 e. The number of rotatable bonds is 11. The van der Waals surface area contributed by atoms with Crippen LogP contribution in [0.2, 0.25) is 0 Å². The maximum atomic E-state index is 11.8. The lowest BCUT2D eigenvalue weighted by atomic mass is 9.90. The topological polar surface area (TPSA) is 173 Å². The molecule has 1 unspecified atom stereocenters. The number of nitriles is 1. The number of oxazole rings is 1. The van der Waals surface area contributed by atoms with Gasteiger partial charge in [-0.25, -0.2) is 15.0 Å². The molecule has 1 aliphatic rings. The fraction of sp³-hybridized carbons (Fsp3) is 0.317. The number of nitrogens with one attached hydrogen (secondary N) is 2. The van der Waals surface area contributed by atoms with Crippen LogP contribution >= 0.6 is 0 Å². The quantitative estimate of drug-likeness (QED) is 0.111. The second kappa shape index (κ2) is 14.4. The fourth-order valence-electron chi connectivity index (χ4n) is 7.07. The smallest absolute Gasteiger partial charge is 0.310 e. The van der Waals surface area contributed by atoms with E-state index in [2.05, 4.69) is 45.6 Å². The Hall–Kier alpha value is -5.74. The van der Waals surface area contributed by atoms with E-state index in [0.29, 0.717) is 72.3 Å². The van der Waals surface area contributed by atoms with Crippen LogP contribution < -0.4 is 10.6 Å². The number of likely N-dealkylation sites (tertiary alicyclic amines) is 1. The third kappa shape index (κ3) is 7.06. The zero-order valence-electron chi connectivity index (χ0n) is 30.5. The average molecular weight is 711 g/mol. The molecule has 3 aromatic carbocycles. The van der Waals surface area contributed by atoms with Gasteiger partial charge in [-0.1, -0.05) is 24.3 Å². The molecule has 1 saturated heterocycles. The third-order valence-electron chi connectivity index (χ3n) is 10.2. The van der Waals surface area contributed by atoms with E-state index in [1.807, 2.05) is 63.2 Å². The van der Waals surface area contributed by atoms with E-state index in [1.54, 1.807) is 13.1 Å². The molecule has 0 spiro atoms. The number of aliphatic carboxylic acids is 1. The Morgan fingerprint density at radius 2 is 1.75 bits per heavy atom. The number of fused-ring (bicyclic) bond motifs is 2. The van der Waals surface area contributed by atoms with Crippen LogP contribution in [0.3, 0.4) is 0 Å². The highest BCUT2D eigenvalue weighted by molar-refractivity contribution is 5.90. The van der Waals surface area contributed by atoms with E-state index in [4.69, 9.17) is 19.4 Å². The van der Waals surface area contributed by atoms with Gasteiger partial charge in [0.1, 0.15) is 22.9 Å². The summed E-state index contributed by atoms with van der Waals surface area (Å²) in [5, 5.41) is 35.9. The van der Waals surface area contributed by atoms with E-state index in [1.165, 1.54) is 0 Å². The SMILES string of the molecule is Cc1nc(Nc2cccc(-c3cccc(-c4nc5cc(CN6CCC(C)(C(=O)O)C6)cc(C#N)c5o4)c3C)c2C)c2ncc(CN[C@@H](C)CO)cc2n1. The molecule has 1 aliphatic heterocycles. The van der Waals surface area contributed by atoms with Crippen LogP contribution in [-0.2, 0) is 17.9 Å². The summed E-state index contributed by atoms with van der Waals surface area (Å²) < 4.78 is 6.29. The first-order valence-electron chi connectivity index (χ1n) is 17.7. The number of aromatic nitrogens is 4. The number of benzene rings is 3. The Morgan fingerprint density at radius 1 is 1.02 bits per heavy atom. The predicted molar refractivity (Wildman–Crippen MR) is 203 cm³/mol. The van der Waals surface area contributed by atoms with Crippen molar-refractivity contribution in [2.24, 2.45) is 5.41 Å². The van der Waals surface area contributed by atoms with Gasteiger partial charge in [-0.2, -0.15) is 5.26 Å². The number of aryl methyl sites for hydroxylation is 1. The summed E-state index contributed by atoms with van der Waals surface area (Å²) in [6.45, 7) is 11.9. The van der Waals surface area contributed by atoms with Crippen LogP contribution in [0.4, 0.5) is 11.5 Å². The summed E-state index contributed by atoms with van der Waals surface area (Å²) >= 11 is 0. The Bertz CT molecular complexity index is 2420. The van der Waals surface area contributed by atoms with Gasteiger partial charge in [-0.05, 0) is 111 Å². The first kappa shape index (κ1) is 35.7. The molecule has 0 amide bonds. The summed E-state index contributed by atoms with van der Waals surface area (Å²) in [7, 11) is 0. The molecule has 6 aromatic rings. The van der Waals surface area contributed by atoms with Crippen molar-refractivity contribution in [3.8, 4) is 28.7 Å². The number of carbonyl (C=O) groups is 1. The summed E-state index contributed by atoms with van der Waals surface area (Å²) in [6, 6.07) is 20.1. The Morgan fingerprint density at radius 3 is 2.49 bits per heavy atom. The monoisotopic (exact) mass is 710 g/mol. The van der Waals surface area contributed by atoms with Crippen LogP contribution in [0.25, 0.3) is 44.7 Å². The van der Waals surface area contributed by atoms with Gasteiger partial charge in [0.25, 0.3) is 0 Å². The van der Waals surface area contributed by atoms with Crippen molar-refractivity contribution in [2.75, 3.05) is 25.0 Å². The molecule has 4 N–H and O–H groups in total. The number of carboxylic acid groups (broad SMARTS) is 1. The first-order valence-corrected chi connectivity index (χ1v) is 17.7. The van der Waals surface area contributed by atoms with Gasteiger partial charge in [0.15, 0.2) is 11.4 Å². The summed E-state index contributed by atoms with van der Waals surface area (Å²) in [5.41, 5.74) is 9.62. The number of hydrogen-bond acceptors (Lipinski definition) is 11. The van der Waals surface area contributed by atoms with Crippen LogP contribution in [-0.4, -0.2) is 66.8 Å². The number of aliphatic hydroxyl groups excluding tert-OH is 1. The van der Waals surface area contributed by atoms with E-state index in [-0.39, 0.29) is 12.6 Å². The highest BCUT2D eigenvalue weighted by Gasteiger charge is 2.40. The number of carboxylic acids is 1. The van der Waals surface area contributed by atoms with Gasteiger partial charge < -0.3 is 25.3 Å². The van der Waals surface area contributed by atoms with Crippen molar-refractivity contribution in [1.82, 2.24) is 30.2 Å². The van der Waals surface area contributed by atoms with Gasteiger partial charge in [-0.15, -0.1) is 0 Å². The van der Waals surface area contributed by atoms with Gasteiger partial charge in [0.05, 0.1) is 23.1 Å². The molecule has 4 heterocycles. The lowest BCUT2D eigenvalue weighted by Crippen LogP contribution is -2.31. The minimum atomic E-state index is -0.787. The average Bonchev–Trinajstić information content (AvgIpc) is 3.75. The van der Waals surface area contributed by atoms with Gasteiger partial charge in [0.2, 0.25) is 5.89 Å². The minimum Gasteiger partial charge on any atom is -0.481 e. The van der Waals surface area contributed by atoms with Crippen LogP contribution in [0, 0.1) is 37.5 Å². The number of pyridine rings is 1. The molecular weight excluding hydrogens is 669 g/mol.